The second-order valence-electron chi connectivity index (χ2n) is 4.98. The van der Waals surface area contributed by atoms with Crippen molar-refractivity contribution in [3.05, 3.63) is 29.8 Å². The Morgan fingerprint density at radius 3 is 2.50 bits per heavy atom. The summed E-state index contributed by atoms with van der Waals surface area (Å²) in [5.74, 6) is -0.943. The number of carboxylic acids is 1. The molecule has 5 nitrogen and oxygen atoms in total. The third-order valence-corrected chi connectivity index (χ3v) is 5.12. The van der Waals surface area contributed by atoms with Crippen LogP contribution in [0.2, 0.25) is 0 Å². The molecule has 1 unspecified atom stereocenters. The zero-order valence-electron chi connectivity index (χ0n) is 11.1. The molecule has 0 aliphatic carbocycles. The first-order chi connectivity index (χ1) is 9.47. The Morgan fingerprint density at radius 2 is 1.95 bits per heavy atom. The molecule has 0 amide bonds. The minimum absolute atomic E-state index is 0.00865. The highest BCUT2D eigenvalue weighted by atomic mass is 32.2. The number of carboxylic acid groups (broad SMARTS) is 1. The molecule has 6 heteroatoms. The van der Waals surface area contributed by atoms with E-state index in [1.165, 1.54) is 12.1 Å². The second kappa shape index (κ2) is 6.37. The molecule has 1 N–H and O–H groups in total. The first-order valence-electron chi connectivity index (χ1n) is 6.62. The standard InChI is InChI=1S/C14H18O5S/c15-14(16)9-11-4-6-13(7-5-11)20(17,18)10-12-3-1-2-8-19-12/h4-7,12H,1-3,8-10H2,(H,15,16). The maximum Gasteiger partial charge on any atom is 0.307 e. The van der Waals surface area contributed by atoms with Crippen molar-refractivity contribution in [3.8, 4) is 0 Å². The maximum atomic E-state index is 12.2. The molecule has 1 atom stereocenters. The van der Waals surface area contributed by atoms with E-state index in [2.05, 4.69) is 0 Å². The fourth-order valence-electron chi connectivity index (χ4n) is 2.27. The van der Waals surface area contributed by atoms with Crippen molar-refractivity contribution in [2.45, 2.75) is 36.7 Å². The van der Waals surface area contributed by atoms with Crippen molar-refractivity contribution in [3.63, 3.8) is 0 Å². The summed E-state index contributed by atoms with van der Waals surface area (Å²) in [6, 6.07) is 6.03. The van der Waals surface area contributed by atoms with Crippen molar-refractivity contribution in [2.24, 2.45) is 0 Å². The van der Waals surface area contributed by atoms with E-state index >= 15 is 0 Å². The van der Waals surface area contributed by atoms with Crippen LogP contribution in [0.15, 0.2) is 29.2 Å². The number of sulfone groups is 1. The van der Waals surface area contributed by atoms with Gasteiger partial charge in [-0.3, -0.25) is 4.79 Å². The lowest BCUT2D eigenvalue weighted by atomic mass is 10.1. The third kappa shape index (κ3) is 4.05. The van der Waals surface area contributed by atoms with E-state index in [9.17, 15) is 13.2 Å². The smallest absolute Gasteiger partial charge is 0.307 e. The molecule has 0 bridgehead atoms. The number of hydrogen-bond acceptors (Lipinski definition) is 4. The third-order valence-electron chi connectivity index (χ3n) is 3.32. The molecule has 2 rings (SSSR count). The molecule has 110 valence electrons. The van der Waals surface area contributed by atoms with E-state index in [-0.39, 0.29) is 23.2 Å². The molecule has 1 aliphatic rings. The molecule has 1 aliphatic heterocycles. The van der Waals surface area contributed by atoms with Crippen molar-refractivity contribution in [2.75, 3.05) is 12.4 Å². The predicted molar refractivity (Wildman–Crippen MR) is 73.4 cm³/mol. The van der Waals surface area contributed by atoms with Crippen molar-refractivity contribution < 1.29 is 23.1 Å². The van der Waals surface area contributed by atoms with Crippen molar-refractivity contribution in [1.29, 1.82) is 0 Å². The normalized spacial score (nSPS) is 19.7. The fraction of sp³-hybridized carbons (Fsp3) is 0.500. The van der Waals surface area contributed by atoms with E-state index in [1.54, 1.807) is 12.1 Å². The first kappa shape index (κ1) is 15.0. The van der Waals surface area contributed by atoms with Crippen LogP contribution in [-0.2, 0) is 25.8 Å². The summed E-state index contributed by atoms with van der Waals surface area (Å²) in [6.07, 6.45) is 2.42. The molecule has 1 aromatic rings. The molecule has 0 saturated carbocycles. The average molecular weight is 298 g/mol. The highest BCUT2D eigenvalue weighted by Crippen LogP contribution is 2.19. The van der Waals surface area contributed by atoms with E-state index in [1.807, 2.05) is 0 Å². The molecule has 1 heterocycles. The Kier molecular flexibility index (Phi) is 4.77. The Labute approximate surface area is 118 Å². The van der Waals surface area contributed by atoms with E-state index in [0.717, 1.165) is 19.3 Å². The van der Waals surface area contributed by atoms with Crippen LogP contribution in [0, 0.1) is 0 Å². The summed E-state index contributed by atoms with van der Waals surface area (Å²) in [5, 5.41) is 8.68. The van der Waals surface area contributed by atoms with Gasteiger partial charge in [-0.05, 0) is 37.0 Å². The molecule has 0 radical (unpaired) electrons. The molecule has 0 aromatic heterocycles. The topological polar surface area (TPSA) is 80.7 Å². The maximum absolute atomic E-state index is 12.2. The van der Waals surface area contributed by atoms with Crippen LogP contribution in [-0.4, -0.2) is 38.0 Å². The highest BCUT2D eigenvalue weighted by Gasteiger charge is 2.23. The number of aliphatic carboxylic acids is 1. The second-order valence-corrected chi connectivity index (χ2v) is 7.02. The summed E-state index contributed by atoms with van der Waals surface area (Å²) in [5.41, 5.74) is 0.588. The van der Waals surface area contributed by atoms with Crippen LogP contribution in [0.5, 0.6) is 0 Å². The minimum Gasteiger partial charge on any atom is -0.481 e. The molecule has 1 saturated heterocycles. The molecule has 1 aromatic carbocycles. The molecular formula is C14H18O5S. The Bertz CT molecular complexity index is 556. The largest absolute Gasteiger partial charge is 0.481 e. The Morgan fingerprint density at radius 1 is 1.25 bits per heavy atom. The highest BCUT2D eigenvalue weighted by molar-refractivity contribution is 7.91. The van der Waals surface area contributed by atoms with Gasteiger partial charge in [0.15, 0.2) is 9.84 Å². The number of rotatable bonds is 5. The first-order valence-corrected chi connectivity index (χ1v) is 8.28. The van der Waals surface area contributed by atoms with E-state index < -0.39 is 15.8 Å². The van der Waals surface area contributed by atoms with Gasteiger partial charge in [0.25, 0.3) is 0 Å². The summed E-state index contributed by atoms with van der Waals surface area (Å²) < 4.78 is 29.9. The summed E-state index contributed by atoms with van der Waals surface area (Å²) in [7, 11) is -3.38. The van der Waals surface area contributed by atoms with Crippen LogP contribution >= 0.6 is 0 Å². The molecular weight excluding hydrogens is 280 g/mol. The van der Waals surface area contributed by atoms with Gasteiger partial charge in [-0.2, -0.15) is 0 Å². The molecule has 0 spiro atoms. The lowest BCUT2D eigenvalue weighted by molar-refractivity contribution is -0.136. The monoisotopic (exact) mass is 298 g/mol. The van der Waals surface area contributed by atoms with Gasteiger partial charge < -0.3 is 9.84 Å². The van der Waals surface area contributed by atoms with Gasteiger partial charge in [0.05, 0.1) is 23.2 Å². The molecule has 20 heavy (non-hydrogen) atoms. The number of carbonyl (C=O) groups is 1. The average Bonchev–Trinajstić information content (AvgIpc) is 2.39. The van der Waals surface area contributed by atoms with Crippen LogP contribution in [0.1, 0.15) is 24.8 Å². The number of hydrogen-bond donors (Lipinski definition) is 1. The number of benzene rings is 1. The van der Waals surface area contributed by atoms with Gasteiger partial charge in [0, 0.05) is 6.61 Å². The lowest BCUT2D eigenvalue weighted by Gasteiger charge is -2.22. The summed E-state index contributed by atoms with van der Waals surface area (Å²) in [4.78, 5) is 10.8. The number of ether oxygens (including phenoxy) is 1. The van der Waals surface area contributed by atoms with Gasteiger partial charge in [-0.15, -0.1) is 0 Å². The zero-order valence-corrected chi connectivity index (χ0v) is 11.9. The molecule has 1 fully saturated rings. The summed E-state index contributed by atoms with van der Waals surface area (Å²) in [6.45, 7) is 0.623. The SMILES string of the molecule is O=C(O)Cc1ccc(S(=O)(=O)CC2CCCCO2)cc1. The predicted octanol–water partition coefficient (Wildman–Crippen LogP) is 1.66. The van der Waals surface area contributed by atoms with Gasteiger partial charge in [0.1, 0.15) is 0 Å². The quantitative estimate of drug-likeness (QED) is 0.894. The fourth-order valence-corrected chi connectivity index (χ4v) is 3.76. The van der Waals surface area contributed by atoms with Crippen LogP contribution in [0.3, 0.4) is 0 Å². The van der Waals surface area contributed by atoms with Crippen LogP contribution in [0.25, 0.3) is 0 Å². The van der Waals surface area contributed by atoms with Gasteiger partial charge in [-0.1, -0.05) is 12.1 Å². The summed E-state index contributed by atoms with van der Waals surface area (Å²) >= 11 is 0. The van der Waals surface area contributed by atoms with Crippen molar-refractivity contribution >= 4 is 15.8 Å². The van der Waals surface area contributed by atoms with E-state index in [4.69, 9.17) is 9.84 Å². The van der Waals surface area contributed by atoms with Crippen LogP contribution < -0.4 is 0 Å². The van der Waals surface area contributed by atoms with E-state index in [0.29, 0.717) is 12.2 Å². The van der Waals surface area contributed by atoms with Crippen molar-refractivity contribution in [1.82, 2.24) is 0 Å². The minimum atomic E-state index is -3.38. The van der Waals surface area contributed by atoms with Gasteiger partial charge in [0.2, 0.25) is 0 Å². The zero-order chi connectivity index (χ0) is 14.6. The van der Waals surface area contributed by atoms with Crippen LogP contribution in [0.4, 0.5) is 0 Å². The Hall–Kier alpha value is -1.40. The lowest BCUT2D eigenvalue weighted by Crippen LogP contribution is -2.27. The van der Waals surface area contributed by atoms with Gasteiger partial charge >= 0.3 is 5.97 Å². The van der Waals surface area contributed by atoms with Gasteiger partial charge in [-0.25, -0.2) is 8.42 Å². The Balaban J connectivity index is 2.06.